The lowest BCUT2D eigenvalue weighted by atomic mass is 10.1. The number of aromatic nitrogens is 1. The molecule has 7 nitrogen and oxygen atoms in total. The molecule has 0 saturated carbocycles. The summed E-state index contributed by atoms with van der Waals surface area (Å²) in [6.45, 7) is 1.63. The molecule has 0 spiro atoms. The first-order valence-electron chi connectivity index (χ1n) is 7.77. The van der Waals surface area contributed by atoms with Gasteiger partial charge >= 0.3 is 17.8 Å². The van der Waals surface area contributed by atoms with Gasteiger partial charge in [0.15, 0.2) is 0 Å². The molecule has 1 aromatic carbocycles. The number of hydrogen-bond donors (Lipinski definition) is 0. The molecule has 0 radical (unpaired) electrons. The topological polar surface area (TPSA) is 79.8 Å². The molecule has 1 atom stereocenters. The van der Waals surface area contributed by atoms with Gasteiger partial charge in [-0.3, -0.25) is 9.59 Å². The van der Waals surface area contributed by atoms with Crippen molar-refractivity contribution in [3.63, 3.8) is 0 Å². The molecule has 1 aliphatic rings. The number of imide groups is 2. The normalized spacial score (nSPS) is 15.7. The van der Waals surface area contributed by atoms with Gasteiger partial charge < -0.3 is 4.74 Å². The van der Waals surface area contributed by atoms with Crippen LogP contribution in [0.3, 0.4) is 0 Å². The standard InChI is InChI=1S/C18H17N3O4/c1-12(13-7-4-3-5-8-13)21-17(23)16(22)20(18(21)24)11-14-9-6-10-15(19-14)25-2/h3-10,12H,11H2,1-2H3/t12-/m1/s1. The number of nitrogens with zero attached hydrogens (tertiary/aromatic N) is 3. The summed E-state index contributed by atoms with van der Waals surface area (Å²) in [7, 11) is 1.48. The maximum Gasteiger partial charge on any atom is 0.335 e. The van der Waals surface area contributed by atoms with E-state index in [-0.39, 0.29) is 6.54 Å². The van der Waals surface area contributed by atoms with Gasteiger partial charge in [0.1, 0.15) is 0 Å². The molecule has 1 saturated heterocycles. The minimum atomic E-state index is -0.850. The summed E-state index contributed by atoms with van der Waals surface area (Å²) in [4.78, 5) is 43.3. The summed E-state index contributed by atoms with van der Waals surface area (Å²) in [5.74, 6) is -1.31. The molecule has 0 N–H and O–H groups in total. The lowest BCUT2D eigenvalue weighted by Gasteiger charge is -2.22. The molecule has 25 heavy (non-hydrogen) atoms. The second-order valence-corrected chi connectivity index (χ2v) is 5.61. The van der Waals surface area contributed by atoms with Gasteiger partial charge in [-0.2, -0.15) is 0 Å². The fourth-order valence-electron chi connectivity index (χ4n) is 2.71. The van der Waals surface area contributed by atoms with Crippen molar-refractivity contribution < 1.29 is 19.1 Å². The quantitative estimate of drug-likeness (QED) is 0.616. The minimum Gasteiger partial charge on any atom is -0.481 e. The van der Waals surface area contributed by atoms with Crippen LogP contribution in [-0.4, -0.2) is 39.7 Å². The van der Waals surface area contributed by atoms with Gasteiger partial charge in [-0.15, -0.1) is 0 Å². The van der Waals surface area contributed by atoms with Crippen LogP contribution < -0.4 is 4.74 Å². The SMILES string of the molecule is COc1cccc(CN2C(=O)C(=O)N([C@H](C)c3ccccc3)C2=O)n1. The first-order valence-corrected chi connectivity index (χ1v) is 7.77. The molecule has 0 unspecified atom stereocenters. The van der Waals surface area contributed by atoms with Crippen LogP contribution in [0.4, 0.5) is 4.79 Å². The fraction of sp³-hybridized carbons (Fsp3) is 0.222. The molecule has 3 rings (SSSR count). The predicted molar refractivity (Wildman–Crippen MR) is 88.4 cm³/mol. The summed E-state index contributed by atoms with van der Waals surface area (Å²) in [5.41, 5.74) is 1.24. The van der Waals surface area contributed by atoms with Crippen molar-refractivity contribution >= 4 is 17.8 Å². The summed E-state index contributed by atoms with van der Waals surface area (Å²) in [6.07, 6.45) is 0. The first kappa shape index (κ1) is 16.6. The summed E-state index contributed by atoms with van der Waals surface area (Å²) >= 11 is 0. The monoisotopic (exact) mass is 339 g/mol. The van der Waals surface area contributed by atoms with Crippen molar-refractivity contribution in [1.29, 1.82) is 0 Å². The molecule has 7 heteroatoms. The minimum absolute atomic E-state index is 0.0847. The molecule has 0 aliphatic carbocycles. The Hall–Kier alpha value is -3.22. The number of amides is 4. The summed E-state index contributed by atoms with van der Waals surface area (Å²) < 4.78 is 5.03. The Bertz CT molecular complexity index is 822. The Morgan fingerprint density at radius 2 is 1.72 bits per heavy atom. The second kappa shape index (κ2) is 6.72. The van der Waals surface area contributed by atoms with Crippen LogP contribution in [0.15, 0.2) is 48.5 Å². The van der Waals surface area contributed by atoms with Crippen LogP contribution >= 0.6 is 0 Å². The third-order valence-corrected chi connectivity index (χ3v) is 4.06. The van der Waals surface area contributed by atoms with E-state index >= 15 is 0 Å². The smallest absolute Gasteiger partial charge is 0.335 e. The van der Waals surface area contributed by atoms with E-state index in [1.165, 1.54) is 7.11 Å². The highest BCUT2D eigenvalue weighted by Crippen LogP contribution is 2.27. The maximum absolute atomic E-state index is 12.7. The van der Waals surface area contributed by atoms with E-state index < -0.39 is 23.9 Å². The third-order valence-electron chi connectivity index (χ3n) is 4.06. The van der Waals surface area contributed by atoms with E-state index in [0.29, 0.717) is 11.6 Å². The largest absolute Gasteiger partial charge is 0.481 e. The molecule has 1 aliphatic heterocycles. The predicted octanol–water partition coefficient (Wildman–Crippen LogP) is 2.14. The molecule has 128 valence electrons. The molecule has 1 aromatic heterocycles. The first-order chi connectivity index (χ1) is 12.0. The van der Waals surface area contributed by atoms with Crippen molar-refractivity contribution in [3.8, 4) is 5.88 Å². The van der Waals surface area contributed by atoms with E-state index in [1.54, 1.807) is 25.1 Å². The third kappa shape index (κ3) is 3.08. The highest BCUT2D eigenvalue weighted by Gasteiger charge is 2.46. The van der Waals surface area contributed by atoms with Crippen molar-refractivity contribution in [2.45, 2.75) is 19.5 Å². The zero-order valence-corrected chi connectivity index (χ0v) is 13.9. The molecular formula is C18H17N3O4. The average Bonchev–Trinajstić information content (AvgIpc) is 2.85. The van der Waals surface area contributed by atoms with Crippen molar-refractivity contribution in [3.05, 3.63) is 59.8 Å². The maximum atomic E-state index is 12.7. The molecule has 0 bridgehead atoms. The lowest BCUT2D eigenvalue weighted by Crippen LogP contribution is -2.35. The van der Waals surface area contributed by atoms with E-state index in [0.717, 1.165) is 15.4 Å². The Kier molecular flexibility index (Phi) is 4.47. The summed E-state index contributed by atoms with van der Waals surface area (Å²) in [6, 6.07) is 12.9. The van der Waals surface area contributed by atoms with Gasteiger partial charge in [0.25, 0.3) is 0 Å². The Morgan fingerprint density at radius 1 is 1.00 bits per heavy atom. The van der Waals surface area contributed by atoms with Crippen LogP contribution in [0.1, 0.15) is 24.2 Å². The van der Waals surface area contributed by atoms with Gasteiger partial charge in [-0.25, -0.2) is 19.6 Å². The molecule has 1 fully saturated rings. The number of benzene rings is 1. The average molecular weight is 339 g/mol. The zero-order chi connectivity index (χ0) is 18.0. The van der Waals surface area contributed by atoms with Crippen LogP contribution in [0.2, 0.25) is 0 Å². The highest BCUT2D eigenvalue weighted by atomic mass is 16.5. The Balaban J connectivity index is 1.84. The fourth-order valence-corrected chi connectivity index (χ4v) is 2.71. The lowest BCUT2D eigenvalue weighted by molar-refractivity contribution is -0.144. The van der Waals surface area contributed by atoms with E-state index in [2.05, 4.69) is 4.98 Å². The van der Waals surface area contributed by atoms with Crippen LogP contribution in [-0.2, 0) is 16.1 Å². The van der Waals surface area contributed by atoms with Gasteiger partial charge in [0.05, 0.1) is 25.4 Å². The van der Waals surface area contributed by atoms with Gasteiger partial charge in [0.2, 0.25) is 5.88 Å². The number of urea groups is 1. The highest BCUT2D eigenvalue weighted by molar-refractivity contribution is 6.44. The number of carbonyl (C=O) groups is 3. The van der Waals surface area contributed by atoms with Crippen molar-refractivity contribution in [1.82, 2.24) is 14.8 Å². The Morgan fingerprint density at radius 3 is 2.40 bits per heavy atom. The van der Waals surface area contributed by atoms with Crippen molar-refractivity contribution in [2.24, 2.45) is 0 Å². The van der Waals surface area contributed by atoms with E-state index in [9.17, 15) is 14.4 Å². The molecular weight excluding hydrogens is 322 g/mol. The number of carbonyl (C=O) groups excluding carboxylic acids is 3. The van der Waals surface area contributed by atoms with E-state index in [1.807, 2.05) is 30.3 Å². The molecule has 4 amide bonds. The van der Waals surface area contributed by atoms with Crippen molar-refractivity contribution in [2.75, 3.05) is 7.11 Å². The second-order valence-electron chi connectivity index (χ2n) is 5.61. The van der Waals surface area contributed by atoms with Crippen LogP contribution in [0.5, 0.6) is 5.88 Å². The Labute approximate surface area is 144 Å². The number of methoxy groups -OCH3 is 1. The number of ether oxygens (including phenoxy) is 1. The van der Waals surface area contributed by atoms with Gasteiger partial charge in [0, 0.05) is 6.07 Å². The van der Waals surface area contributed by atoms with Gasteiger partial charge in [-0.05, 0) is 18.6 Å². The van der Waals surface area contributed by atoms with Crippen LogP contribution in [0, 0.1) is 0 Å². The number of hydrogen-bond acceptors (Lipinski definition) is 5. The molecule has 2 heterocycles. The van der Waals surface area contributed by atoms with E-state index in [4.69, 9.17) is 4.74 Å². The zero-order valence-electron chi connectivity index (χ0n) is 13.9. The summed E-state index contributed by atoms with van der Waals surface area (Å²) in [5, 5.41) is 0. The van der Waals surface area contributed by atoms with Gasteiger partial charge in [-0.1, -0.05) is 36.4 Å². The molecule has 2 aromatic rings. The van der Waals surface area contributed by atoms with Crippen LogP contribution in [0.25, 0.3) is 0 Å². The number of rotatable bonds is 5. The number of pyridine rings is 1.